The molecule has 0 aliphatic carbocycles. The van der Waals surface area contributed by atoms with Gasteiger partial charge in [0.2, 0.25) is 5.91 Å². The summed E-state index contributed by atoms with van der Waals surface area (Å²) in [4.78, 5) is 41.2. The van der Waals surface area contributed by atoms with E-state index in [-0.39, 0.29) is 18.9 Å². The van der Waals surface area contributed by atoms with Crippen molar-refractivity contribution in [2.45, 2.75) is 25.8 Å². The first-order valence-electron chi connectivity index (χ1n) is 10.4. The monoisotopic (exact) mass is 437 g/mol. The van der Waals surface area contributed by atoms with Gasteiger partial charge in [-0.05, 0) is 42.8 Å². The minimum Gasteiger partial charge on any atom is -0.497 e. The summed E-state index contributed by atoms with van der Waals surface area (Å²) < 4.78 is 10.7. The van der Waals surface area contributed by atoms with Crippen LogP contribution in [0.25, 0.3) is 0 Å². The lowest BCUT2D eigenvalue weighted by molar-refractivity contribution is -0.124. The van der Waals surface area contributed by atoms with Crippen molar-refractivity contribution >= 4 is 29.2 Å². The Hall–Kier alpha value is -3.81. The van der Waals surface area contributed by atoms with Gasteiger partial charge in [0, 0.05) is 18.3 Å². The highest BCUT2D eigenvalue weighted by Crippen LogP contribution is 2.29. The first-order chi connectivity index (χ1) is 15.5. The largest absolute Gasteiger partial charge is 0.497 e. The van der Waals surface area contributed by atoms with E-state index in [0.717, 1.165) is 11.3 Å². The molecule has 1 N–H and O–H groups in total. The molecule has 3 rings (SSSR count). The summed E-state index contributed by atoms with van der Waals surface area (Å²) in [5, 5.41) is 2.77. The van der Waals surface area contributed by atoms with Crippen molar-refractivity contribution in [2.75, 3.05) is 30.5 Å². The maximum Gasteiger partial charge on any atom is 0.332 e. The lowest BCUT2D eigenvalue weighted by atomic mass is 10.1. The Labute approximate surface area is 187 Å². The van der Waals surface area contributed by atoms with Gasteiger partial charge in [-0.25, -0.2) is 9.69 Å². The van der Waals surface area contributed by atoms with Crippen LogP contribution >= 0.6 is 0 Å². The molecular weight excluding hydrogens is 410 g/mol. The maximum absolute atomic E-state index is 13.1. The molecule has 1 heterocycles. The van der Waals surface area contributed by atoms with Gasteiger partial charge in [-0.2, -0.15) is 0 Å². The van der Waals surface area contributed by atoms with Gasteiger partial charge in [0.15, 0.2) is 0 Å². The number of carbonyl (C=O) groups excluding carboxylic acids is 3. The molecule has 8 nitrogen and oxygen atoms in total. The number of urea groups is 1. The minimum atomic E-state index is -0.932. The number of imide groups is 1. The predicted molar refractivity (Wildman–Crippen MR) is 122 cm³/mol. The van der Waals surface area contributed by atoms with Crippen molar-refractivity contribution in [2.24, 2.45) is 0 Å². The zero-order valence-corrected chi connectivity index (χ0v) is 18.2. The second kappa shape index (κ2) is 10.5. The van der Waals surface area contributed by atoms with E-state index in [1.165, 1.54) is 18.1 Å². The van der Waals surface area contributed by atoms with Crippen LogP contribution in [0.2, 0.25) is 0 Å². The van der Waals surface area contributed by atoms with Crippen molar-refractivity contribution in [1.82, 2.24) is 4.90 Å². The quantitative estimate of drug-likeness (QED) is 0.451. The molecule has 0 unspecified atom stereocenters. The van der Waals surface area contributed by atoms with Crippen LogP contribution in [-0.4, -0.2) is 49.0 Å². The van der Waals surface area contributed by atoms with E-state index >= 15 is 0 Å². The standard InChI is InChI=1S/C24H27N3O5/c1-4-13-26-21(16-22(28)25-17-9-11-19(12-10-17)32-14-5-2)23(29)27(24(26)30)18-7-6-8-20(15-18)31-3/h4,6-12,15,21H,1,5,13-14,16H2,2-3H3,(H,25,28)/t21-/m1/s1. The van der Waals surface area contributed by atoms with Gasteiger partial charge < -0.3 is 19.7 Å². The van der Waals surface area contributed by atoms with Crippen LogP contribution in [0.5, 0.6) is 11.5 Å². The molecule has 0 aromatic heterocycles. The molecule has 32 heavy (non-hydrogen) atoms. The number of carbonyl (C=O) groups is 3. The van der Waals surface area contributed by atoms with Crippen LogP contribution in [0, 0.1) is 0 Å². The smallest absolute Gasteiger partial charge is 0.332 e. The van der Waals surface area contributed by atoms with E-state index < -0.39 is 18.0 Å². The van der Waals surface area contributed by atoms with Crippen molar-refractivity contribution < 1.29 is 23.9 Å². The Morgan fingerprint density at radius 3 is 2.56 bits per heavy atom. The Kier molecular flexibility index (Phi) is 7.49. The fourth-order valence-corrected chi connectivity index (χ4v) is 3.41. The van der Waals surface area contributed by atoms with Gasteiger partial charge in [0.05, 0.1) is 25.8 Å². The Bertz CT molecular complexity index is 989. The molecule has 168 valence electrons. The molecule has 1 aliphatic heterocycles. The summed E-state index contributed by atoms with van der Waals surface area (Å²) in [7, 11) is 1.51. The second-order valence-electron chi connectivity index (χ2n) is 7.24. The highest BCUT2D eigenvalue weighted by atomic mass is 16.5. The minimum absolute atomic E-state index is 0.145. The van der Waals surface area contributed by atoms with Crippen LogP contribution in [0.4, 0.5) is 16.2 Å². The first-order valence-corrected chi connectivity index (χ1v) is 10.4. The van der Waals surface area contributed by atoms with Gasteiger partial charge in [0.25, 0.3) is 5.91 Å². The van der Waals surface area contributed by atoms with Crippen LogP contribution in [0.3, 0.4) is 0 Å². The van der Waals surface area contributed by atoms with Gasteiger partial charge in [-0.3, -0.25) is 9.59 Å². The van der Waals surface area contributed by atoms with Crippen molar-refractivity contribution in [3.63, 3.8) is 0 Å². The normalized spacial score (nSPS) is 15.6. The number of methoxy groups -OCH3 is 1. The SMILES string of the molecule is C=CCN1C(=O)N(c2cccc(OC)c2)C(=O)[C@H]1CC(=O)Nc1ccc(OCCC)cc1. The Morgan fingerprint density at radius 1 is 1.16 bits per heavy atom. The molecule has 2 aromatic rings. The van der Waals surface area contributed by atoms with E-state index in [9.17, 15) is 14.4 Å². The first kappa shape index (κ1) is 22.9. The van der Waals surface area contributed by atoms with Crippen molar-refractivity contribution in [1.29, 1.82) is 0 Å². The molecule has 1 aliphatic rings. The average molecular weight is 437 g/mol. The van der Waals surface area contributed by atoms with E-state index in [0.29, 0.717) is 29.5 Å². The lowest BCUT2D eigenvalue weighted by Gasteiger charge is -2.19. The summed E-state index contributed by atoms with van der Waals surface area (Å²) in [6.07, 6.45) is 2.26. The number of hydrogen-bond acceptors (Lipinski definition) is 5. The number of nitrogens with one attached hydrogen (secondary N) is 1. The van der Waals surface area contributed by atoms with Gasteiger partial charge >= 0.3 is 6.03 Å². The fourth-order valence-electron chi connectivity index (χ4n) is 3.41. The van der Waals surface area contributed by atoms with Crippen LogP contribution < -0.4 is 19.7 Å². The highest BCUT2D eigenvalue weighted by Gasteiger charge is 2.46. The van der Waals surface area contributed by atoms with E-state index in [4.69, 9.17) is 9.47 Å². The predicted octanol–water partition coefficient (Wildman–Crippen LogP) is 3.84. The molecule has 1 fully saturated rings. The summed E-state index contributed by atoms with van der Waals surface area (Å²) >= 11 is 0. The van der Waals surface area contributed by atoms with Gasteiger partial charge in [-0.15, -0.1) is 6.58 Å². The fraction of sp³-hybridized carbons (Fsp3) is 0.292. The number of rotatable bonds is 10. The second-order valence-corrected chi connectivity index (χ2v) is 7.24. The van der Waals surface area contributed by atoms with Gasteiger partial charge in [-0.1, -0.05) is 19.1 Å². The zero-order chi connectivity index (χ0) is 23.1. The molecule has 4 amide bonds. The molecule has 1 saturated heterocycles. The third-order valence-electron chi connectivity index (χ3n) is 4.95. The maximum atomic E-state index is 13.1. The average Bonchev–Trinajstić information content (AvgIpc) is 3.02. The van der Waals surface area contributed by atoms with Crippen LogP contribution in [-0.2, 0) is 9.59 Å². The van der Waals surface area contributed by atoms with E-state index in [2.05, 4.69) is 11.9 Å². The number of nitrogens with zero attached hydrogens (tertiary/aromatic N) is 2. The lowest BCUT2D eigenvalue weighted by Crippen LogP contribution is -2.38. The molecule has 0 saturated carbocycles. The number of anilines is 2. The van der Waals surface area contributed by atoms with Crippen LogP contribution in [0.15, 0.2) is 61.2 Å². The van der Waals surface area contributed by atoms with Gasteiger partial charge in [0.1, 0.15) is 17.5 Å². The number of hydrogen-bond donors (Lipinski definition) is 1. The molecule has 8 heteroatoms. The molecule has 0 spiro atoms. The Balaban J connectivity index is 1.73. The molecule has 1 atom stereocenters. The zero-order valence-electron chi connectivity index (χ0n) is 18.2. The number of amides is 4. The molecule has 0 bridgehead atoms. The van der Waals surface area contributed by atoms with Crippen LogP contribution in [0.1, 0.15) is 19.8 Å². The number of ether oxygens (including phenoxy) is 2. The topological polar surface area (TPSA) is 88.2 Å². The summed E-state index contributed by atoms with van der Waals surface area (Å²) in [5.74, 6) is 0.391. The Morgan fingerprint density at radius 2 is 1.91 bits per heavy atom. The summed E-state index contributed by atoms with van der Waals surface area (Å²) in [5.41, 5.74) is 0.967. The summed E-state index contributed by atoms with van der Waals surface area (Å²) in [6.45, 7) is 6.45. The number of benzene rings is 2. The van der Waals surface area contributed by atoms with Crippen molar-refractivity contribution in [3.05, 3.63) is 61.2 Å². The molecular formula is C24H27N3O5. The van der Waals surface area contributed by atoms with Crippen molar-refractivity contribution in [3.8, 4) is 11.5 Å². The highest BCUT2D eigenvalue weighted by molar-refractivity contribution is 6.22. The molecule has 0 radical (unpaired) electrons. The molecule has 2 aromatic carbocycles. The summed E-state index contributed by atoms with van der Waals surface area (Å²) in [6, 6.07) is 12.2. The third-order valence-corrected chi connectivity index (χ3v) is 4.95. The third kappa shape index (κ3) is 5.08. The van der Waals surface area contributed by atoms with E-state index in [1.807, 2.05) is 6.92 Å². The van der Waals surface area contributed by atoms with E-state index in [1.54, 1.807) is 48.5 Å².